The van der Waals surface area contributed by atoms with Gasteiger partial charge >= 0.3 is 0 Å². The largest absolute Gasteiger partial charge is 0.436 e. The molecule has 128 valence electrons. The van der Waals surface area contributed by atoms with Gasteiger partial charge in [-0.2, -0.15) is 0 Å². The van der Waals surface area contributed by atoms with Gasteiger partial charge < -0.3 is 9.73 Å². The first-order chi connectivity index (χ1) is 12.6. The number of aromatic nitrogens is 2. The Morgan fingerprint density at radius 3 is 2.62 bits per heavy atom. The zero-order chi connectivity index (χ0) is 18.1. The Bertz CT molecular complexity index is 1110. The summed E-state index contributed by atoms with van der Waals surface area (Å²) in [5.41, 5.74) is 2.95. The Kier molecular flexibility index (Phi) is 4.32. The molecule has 2 aromatic heterocycles. The highest BCUT2D eigenvalue weighted by atomic mass is 35.5. The highest BCUT2D eigenvalue weighted by molar-refractivity contribution is 6.33. The fourth-order valence-corrected chi connectivity index (χ4v) is 2.81. The average Bonchev–Trinajstić information content (AvgIpc) is 3.06. The third-order valence-corrected chi connectivity index (χ3v) is 4.29. The minimum atomic E-state index is -0.344. The number of nitrogens with one attached hydrogen (secondary N) is 1. The van der Waals surface area contributed by atoms with Gasteiger partial charge in [0.25, 0.3) is 5.91 Å². The number of pyridine rings is 1. The summed E-state index contributed by atoms with van der Waals surface area (Å²) in [5, 5.41) is 3.58. The molecule has 0 unspecified atom stereocenters. The molecule has 5 nitrogen and oxygen atoms in total. The van der Waals surface area contributed by atoms with Crippen LogP contribution in [0.15, 0.2) is 65.2 Å². The van der Waals surface area contributed by atoms with Crippen molar-refractivity contribution in [3.63, 3.8) is 0 Å². The lowest BCUT2D eigenvalue weighted by Crippen LogP contribution is -2.12. The van der Waals surface area contributed by atoms with Gasteiger partial charge in [0.2, 0.25) is 5.89 Å². The predicted octanol–water partition coefficient (Wildman–Crippen LogP) is 5.45. The van der Waals surface area contributed by atoms with Crippen molar-refractivity contribution in [3.8, 4) is 11.5 Å². The molecule has 0 fully saturated rings. The summed E-state index contributed by atoms with van der Waals surface area (Å²) >= 11 is 11.9. The molecule has 0 aliphatic rings. The fraction of sp³-hybridized carbons (Fsp3) is 0. The maximum atomic E-state index is 12.3. The number of halogens is 2. The van der Waals surface area contributed by atoms with E-state index in [0.29, 0.717) is 33.3 Å². The lowest BCUT2D eigenvalue weighted by molar-refractivity contribution is 0.102. The van der Waals surface area contributed by atoms with Crippen LogP contribution >= 0.6 is 23.2 Å². The van der Waals surface area contributed by atoms with Crippen molar-refractivity contribution in [2.24, 2.45) is 0 Å². The molecule has 0 atom stereocenters. The van der Waals surface area contributed by atoms with Crippen LogP contribution in [0, 0.1) is 0 Å². The molecular weight excluding hydrogens is 373 g/mol. The van der Waals surface area contributed by atoms with E-state index in [2.05, 4.69) is 15.3 Å². The molecule has 0 saturated carbocycles. The van der Waals surface area contributed by atoms with E-state index < -0.39 is 0 Å². The predicted molar refractivity (Wildman–Crippen MR) is 102 cm³/mol. The van der Waals surface area contributed by atoms with E-state index in [-0.39, 0.29) is 11.1 Å². The minimum Gasteiger partial charge on any atom is -0.436 e. The van der Waals surface area contributed by atoms with E-state index in [0.717, 1.165) is 5.56 Å². The van der Waals surface area contributed by atoms with Crippen LogP contribution in [-0.4, -0.2) is 15.9 Å². The van der Waals surface area contributed by atoms with Gasteiger partial charge in [-0.25, -0.2) is 9.97 Å². The molecule has 0 saturated heterocycles. The Labute approximate surface area is 158 Å². The van der Waals surface area contributed by atoms with Gasteiger partial charge in [0, 0.05) is 22.5 Å². The summed E-state index contributed by atoms with van der Waals surface area (Å²) < 4.78 is 5.76. The smallest absolute Gasteiger partial charge is 0.258 e. The number of carbonyl (C=O) groups is 1. The second kappa shape index (κ2) is 6.78. The lowest BCUT2D eigenvalue weighted by Gasteiger charge is -2.05. The molecule has 0 aliphatic heterocycles. The van der Waals surface area contributed by atoms with Gasteiger partial charge in [-0.05, 0) is 54.6 Å². The number of benzene rings is 2. The Morgan fingerprint density at radius 2 is 1.85 bits per heavy atom. The van der Waals surface area contributed by atoms with Crippen LogP contribution in [0.5, 0.6) is 0 Å². The minimum absolute atomic E-state index is 0.150. The summed E-state index contributed by atoms with van der Waals surface area (Å²) in [7, 11) is 0. The second-order valence-electron chi connectivity index (χ2n) is 5.50. The third-order valence-electron chi connectivity index (χ3n) is 3.74. The van der Waals surface area contributed by atoms with E-state index in [9.17, 15) is 4.79 Å². The molecule has 0 aliphatic carbocycles. The first-order valence-corrected chi connectivity index (χ1v) is 8.44. The number of hydrogen-bond donors (Lipinski definition) is 1. The monoisotopic (exact) mass is 383 g/mol. The van der Waals surface area contributed by atoms with Crippen LogP contribution in [0.25, 0.3) is 22.6 Å². The summed E-state index contributed by atoms with van der Waals surface area (Å²) in [5.74, 6) is 0.138. The molecule has 1 amide bonds. The number of hydrogen-bond acceptors (Lipinski definition) is 4. The quantitative estimate of drug-likeness (QED) is 0.477. The van der Waals surface area contributed by atoms with Crippen molar-refractivity contribution >= 4 is 45.9 Å². The molecule has 1 N–H and O–H groups in total. The van der Waals surface area contributed by atoms with Crippen LogP contribution in [-0.2, 0) is 0 Å². The number of fused-ring (bicyclic) bond motifs is 1. The first-order valence-electron chi connectivity index (χ1n) is 7.68. The number of rotatable bonds is 3. The Hall–Kier alpha value is -2.89. The fourth-order valence-electron chi connectivity index (χ4n) is 2.47. The molecule has 2 heterocycles. The number of oxazole rings is 1. The van der Waals surface area contributed by atoms with E-state index in [4.69, 9.17) is 27.6 Å². The summed E-state index contributed by atoms with van der Waals surface area (Å²) in [6.07, 6.45) is 1.53. The van der Waals surface area contributed by atoms with Crippen molar-refractivity contribution in [3.05, 3.63) is 76.5 Å². The highest BCUT2D eigenvalue weighted by Gasteiger charge is 2.13. The molecule has 0 spiro atoms. The molecule has 26 heavy (non-hydrogen) atoms. The Morgan fingerprint density at radius 1 is 1.04 bits per heavy atom. The molecular formula is C19H11Cl2N3O2. The van der Waals surface area contributed by atoms with Crippen molar-refractivity contribution in [1.29, 1.82) is 0 Å². The third kappa shape index (κ3) is 3.27. The van der Waals surface area contributed by atoms with E-state index in [1.165, 1.54) is 6.20 Å². The molecule has 2 aromatic carbocycles. The van der Waals surface area contributed by atoms with Gasteiger partial charge in [-0.3, -0.25) is 4.79 Å². The van der Waals surface area contributed by atoms with Crippen molar-refractivity contribution in [2.45, 2.75) is 0 Å². The summed E-state index contributed by atoms with van der Waals surface area (Å²) in [6.45, 7) is 0. The number of anilines is 1. The molecule has 4 aromatic rings. The molecule has 0 bridgehead atoms. The second-order valence-corrected chi connectivity index (χ2v) is 6.30. The topological polar surface area (TPSA) is 68.0 Å². The number of amides is 1. The summed E-state index contributed by atoms with van der Waals surface area (Å²) in [4.78, 5) is 20.7. The van der Waals surface area contributed by atoms with Crippen LogP contribution in [0.4, 0.5) is 5.69 Å². The van der Waals surface area contributed by atoms with E-state index >= 15 is 0 Å². The molecule has 0 radical (unpaired) electrons. The SMILES string of the molecule is O=C(Nc1ccc2oc(-c3ccc(Cl)cc3)nc2c1)c1cccnc1Cl. The van der Waals surface area contributed by atoms with Gasteiger partial charge in [0.15, 0.2) is 5.58 Å². The maximum absolute atomic E-state index is 12.3. The summed E-state index contributed by atoms with van der Waals surface area (Å²) in [6, 6.07) is 15.7. The normalized spacial score (nSPS) is 10.8. The number of carbonyl (C=O) groups excluding carboxylic acids is 1. The van der Waals surface area contributed by atoms with E-state index in [1.807, 2.05) is 12.1 Å². The van der Waals surface area contributed by atoms with Gasteiger partial charge in [-0.1, -0.05) is 23.2 Å². The molecule has 7 heteroatoms. The van der Waals surface area contributed by atoms with Gasteiger partial charge in [-0.15, -0.1) is 0 Å². The lowest BCUT2D eigenvalue weighted by atomic mass is 10.2. The highest BCUT2D eigenvalue weighted by Crippen LogP contribution is 2.27. The van der Waals surface area contributed by atoms with Crippen LogP contribution < -0.4 is 5.32 Å². The van der Waals surface area contributed by atoms with Crippen molar-refractivity contribution < 1.29 is 9.21 Å². The standard InChI is InChI=1S/C19H11Cl2N3O2/c20-12-5-3-11(4-6-12)19-24-15-10-13(7-8-16(15)26-19)23-18(25)14-2-1-9-22-17(14)21/h1-10H,(H,23,25). The van der Waals surface area contributed by atoms with Crippen molar-refractivity contribution in [1.82, 2.24) is 9.97 Å². The van der Waals surface area contributed by atoms with Crippen molar-refractivity contribution in [2.75, 3.05) is 5.32 Å². The molecule has 4 rings (SSSR count). The Balaban J connectivity index is 1.62. The number of nitrogens with zero attached hydrogens (tertiary/aromatic N) is 2. The van der Waals surface area contributed by atoms with Crippen LogP contribution in [0.3, 0.4) is 0 Å². The average molecular weight is 384 g/mol. The first kappa shape index (κ1) is 16.6. The zero-order valence-electron chi connectivity index (χ0n) is 13.2. The van der Waals surface area contributed by atoms with Gasteiger partial charge in [0.1, 0.15) is 10.7 Å². The zero-order valence-corrected chi connectivity index (χ0v) is 14.8. The van der Waals surface area contributed by atoms with E-state index in [1.54, 1.807) is 42.5 Å². The van der Waals surface area contributed by atoms with Crippen LogP contribution in [0.2, 0.25) is 10.2 Å². The van der Waals surface area contributed by atoms with Gasteiger partial charge in [0.05, 0.1) is 5.56 Å². The van der Waals surface area contributed by atoms with Crippen LogP contribution in [0.1, 0.15) is 10.4 Å². The maximum Gasteiger partial charge on any atom is 0.258 e.